The average molecular weight is 331 g/mol. The van der Waals surface area contributed by atoms with Gasteiger partial charge < -0.3 is 10.6 Å². The lowest BCUT2D eigenvalue weighted by Crippen LogP contribution is -2.37. The summed E-state index contributed by atoms with van der Waals surface area (Å²) >= 11 is 1.58. The van der Waals surface area contributed by atoms with E-state index in [-0.39, 0.29) is 17.2 Å². The van der Waals surface area contributed by atoms with Crippen molar-refractivity contribution in [2.45, 2.75) is 12.8 Å². The maximum absolute atomic E-state index is 13.2. The van der Waals surface area contributed by atoms with E-state index in [0.29, 0.717) is 6.54 Å². The van der Waals surface area contributed by atoms with E-state index >= 15 is 0 Å². The molecule has 2 amide bonds. The monoisotopic (exact) mass is 331 g/mol. The Balaban J connectivity index is 1.90. The van der Waals surface area contributed by atoms with Crippen molar-refractivity contribution in [1.29, 1.82) is 5.26 Å². The van der Waals surface area contributed by atoms with Crippen LogP contribution in [0.15, 0.2) is 35.7 Å². The third-order valence-corrected chi connectivity index (χ3v) is 4.25. The number of thiophene rings is 1. The molecule has 0 aliphatic rings. The predicted octanol–water partition coefficient (Wildman–Crippen LogP) is 2.62. The highest BCUT2D eigenvalue weighted by Gasteiger charge is 2.16. The Morgan fingerprint density at radius 1 is 1.35 bits per heavy atom. The van der Waals surface area contributed by atoms with Crippen molar-refractivity contribution >= 4 is 28.8 Å². The van der Waals surface area contributed by atoms with Gasteiger partial charge in [-0.05, 0) is 29.6 Å². The van der Waals surface area contributed by atoms with Crippen LogP contribution in [0, 0.1) is 17.1 Å². The SMILES string of the molecule is C[C@H](CNC(=O)C(=O)Nc1ccc(F)c(C#N)c1)c1cccs1. The number of rotatable bonds is 4. The number of amides is 2. The standard InChI is InChI=1S/C16H14FN3O2S/c1-10(14-3-2-6-23-14)9-19-15(21)16(22)20-12-4-5-13(17)11(7-12)8-18/h2-7,10H,9H2,1H3,(H,19,21)(H,20,22)/t10-/m1/s1. The van der Waals surface area contributed by atoms with Crippen LogP contribution in [0.3, 0.4) is 0 Å². The number of benzene rings is 1. The van der Waals surface area contributed by atoms with Gasteiger partial charge in [-0.1, -0.05) is 13.0 Å². The fourth-order valence-electron chi connectivity index (χ4n) is 1.87. The van der Waals surface area contributed by atoms with E-state index in [0.717, 1.165) is 10.9 Å². The van der Waals surface area contributed by atoms with Gasteiger partial charge in [-0.2, -0.15) is 5.26 Å². The van der Waals surface area contributed by atoms with Crippen molar-refractivity contribution in [3.63, 3.8) is 0 Å². The Bertz CT molecular complexity index is 753. The highest BCUT2D eigenvalue weighted by atomic mass is 32.1. The normalized spacial score (nSPS) is 11.3. The molecule has 0 aliphatic heterocycles. The summed E-state index contributed by atoms with van der Waals surface area (Å²) in [6.07, 6.45) is 0. The molecule has 1 heterocycles. The second kappa shape index (κ2) is 7.51. The van der Waals surface area contributed by atoms with Gasteiger partial charge >= 0.3 is 11.8 Å². The van der Waals surface area contributed by atoms with E-state index in [9.17, 15) is 14.0 Å². The number of anilines is 1. The molecule has 7 heteroatoms. The summed E-state index contributed by atoms with van der Waals surface area (Å²) < 4.78 is 13.2. The lowest BCUT2D eigenvalue weighted by Gasteiger charge is -2.11. The molecule has 0 saturated heterocycles. The van der Waals surface area contributed by atoms with E-state index in [1.165, 1.54) is 12.1 Å². The first-order valence-corrected chi connectivity index (χ1v) is 7.71. The Morgan fingerprint density at radius 2 is 2.13 bits per heavy atom. The average Bonchev–Trinajstić information content (AvgIpc) is 3.08. The summed E-state index contributed by atoms with van der Waals surface area (Å²) in [5.41, 5.74) is -0.0102. The summed E-state index contributed by atoms with van der Waals surface area (Å²) in [7, 11) is 0. The van der Waals surface area contributed by atoms with E-state index in [4.69, 9.17) is 5.26 Å². The number of hydrogen-bond acceptors (Lipinski definition) is 4. The predicted molar refractivity (Wildman–Crippen MR) is 85.5 cm³/mol. The highest BCUT2D eigenvalue weighted by Crippen LogP contribution is 2.19. The molecule has 0 saturated carbocycles. The van der Waals surface area contributed by atoms with Gasteiger partial charge in [-0.25, -0.2) is 4.39 Å². The number of nitriles is 1. The first-order chi connectivity index (χ1) is 11.0. The molecule has 0 aliphatic carbocycles. The minimum atomic E-state index is -0.862. The van der Waals surface area contributed by atoms with Gasteiger partial charge in [0.2, 0.25) is 0 Å². The number of carbonyl (C=O) groups is 2. The summed E-state index contributed by atoms with van der Waals surface area (Å²) in [4.78, 5) is 24.7. The number of hydrogen-bond donors (Lipinski definition) is 2. The Morgan fingerprint density at radius 3 is 2.78 bits per heavy atom. The molecule has 1 aromatic heterocycles. The lowest BCUT2D eigenvalue weighted by atomic mass is 10.1. The van der Waals surface area contributed by atoms with Gasteiger partial charge in [0.05, 0.1) is 5.56 Å². The van der Waals surface area contributed by atoms with Gasteiger partial charge in [0.1, 0.15) is 11.9 Å². The Labute approximate surface area is 136 Å². The quantitative estimate of drug-likeness (QED) is 0.845. The van der Waals surface area contributed by atoms with Crippen molar-refractivity contribution in [2.24, 2.45) is 0 Å². The van der Waals surface area contributed by atoms with Crippen molar-refractivity contribution in [1.82, 2.24) is 5.32 Å². The van der Waals surface area contributed by atoms with Crippen LogP contribution in [0.1, 0.15) is 23.3 Å². The molecular formula is C16H14FN3O2S. The summed E-state index contributed by atoms with van der Waals surface area (Å²) in [5, 5.41) is 15.6. The van der Waals surface area contributed by atoms with Gasteiger partial charge in [0.25, 0.3) is 0 Å². The van der Waals surface area contributed by atoms with E-state index in [1.54, 1.807) is 17.4 Å². The zero-order valence-corrected chi connectivity index (χ0v) is 13.1. The van der Waals surface area contributed by atoms with Crippen LogP contribution in [0.2, 0.25) is 0 Å². The van der Waals surface area contributed by atoms with Crippen molar-refractivity contribution < 1.29 is 14.0 Å². The molecule has 0 bridgehead atoms. The molecule has 0 unspecified atom stereocenters. The molecule has 118 valence electrons. The van der Waals surface area contributed by atoms with E-state index in [1.807, 2.05) is 24.4 Å². The highest BCUT2D eigenvalue weighted by molar-refractivity contribution is 7.10. The minimum absolute atomic E-state index is 0.0998. The zero-order chi connectivity index (χ0) is 16.8. The maximum atomic E-state index is 13.2. The maximum Gasteiger partial charge on any atom is 0.313 e. The van der Waals surface area contributed by atoms with Gasteiger partial charge in [0.15, 0.2) is 0 Å². The minimum Gasteiger partial charge on any atom is -0.347 e. The summed E-state index contributed by atoms with van der Waals surface area (Å²) in [6, 6.07) is 9.08. The molecule has 2 aromatic rings. The number of carbonyl (C=O) groups excluding carboxylic acids is 2. The molecule has 2 rings (SSSR count). The van der Waals surface area contributed by atoms with Gasteiger partial charge in [-0.3, -0.25) is 9.59 Å². The van der Waals surface area contributed by atoms with Crippen LogP contribution in [-0.4, -0.2) is 18.4 Å². The third-order valence-electron chi connectivity index (χ3n) is 3.15. The number of nitrogens with zero attached hydrogens (tertiary/aromatic N) is 1. The van der Waals surface area contributed by atoms with Gasteiger partial charge in [0, 0.05) is 23.0 Å². The number of halogens is 1. The van der Waals surface area contributed by atoms with Crippen LogP contribution in [0.5, 0.6) is 0 Å². The number of nitrogens with one attached hydrogen (secondary N) is 2. The van der Waals surface area contributed by atoms with Crippen molar-refractivity contribution in [3.8, 4) is 6.07 Å². The first-order valence-electron chi connectivity index (χ1n) is 6.83. The molecule has 0 fully saturated rings. The van der Waals surface area contributed by atoms with Crippen LogP contribution >= 0.6 is 11.3 Å². The fraction of sp³-hybridized carbons (Fsp3) is 0.188. The third kappa shape index (κ3) is 4.37. The smallest absolute Gasteiger partial charge is 0.313 e. The van der Waals surface area contributed by atoms with E-state index in [2.05, 4.69) is 10.6 Å². The first kappa shape index (κ1) is 16.6. The largest absolute Gasteiger partial charge is 0.347 e. The molecule has 1 atom stereocenters. The van der Waals surface area contributed by atoms with Crippen LogP contribution in [0.25, 0.3) is 0 Å². The molecule has 23 heavy (non-hydrogen) atoms. The van der Waals surface area contributed by atoms with Gasteiger partial charge in [-0.15, -0.1) is 11.3 Å². The van der Waals surface area contributed by atoms with Crippen LogP contribution in [-0.2, 0) is 9.59 Å². The Kier molecular flexibility index (Phi) is 5.44. The van der Waals surface area contributed by atoms with Crippen molar-refractivity contribution in [3.05, 3.63) is 52.0 Å². The van der Waals surface area contributed by atoms with E-state index < -0.39 is 17.6 Å². The topological polar surface area (TPSA) is 82.0 Å². The Hall–Kier alpha value is -2.72. The lowest BCUT2D eigenvalue weighted by molar-refractivity contribution is -0.136. The molecule has 0 spiro atoms. The second-order valence-corrected chi connectivity index (χ2v) is 5.87. The van der Waals surface area contributed by atoms with Crippen LogP contribution < -0.4 is 10.6 Å². The molecule has 5 nitrogen and oxygen atoms in total. The summed E-state index contributed by atoms with van der Waals surface area (Å²) in [5.74, 6) is -2.22. The molecular weight excluding hydrogens is 317 g/mol. The summed E-state index contributed by atoms with van der Waals surface area (Å²) in [6.45, 7) is 2.28. The molecule has 2 N–H and O–H groups in total. The van der Waals surface area contributed by atoms with Crippen LogP contribution in [0.4, 0.5) is 10.1 Å². The molecule has 1 aromatic carbocycles. The van der Waals surface area contributed by atoms with Crippen molar-refractivity contribution in [2.75, 3.05) is 11.9 Å². The second-order valence-electron chi connectivity index (χ2n) is 4.89. The fourth-order valence-corrected chi connectivity index (χ4v) is 2.66. The molecule has 0 radical (unpaired) electrons. The zero-order valence-electron chi connectivity index (χ0n) is 12.3.